The monoisotopic (exact) mass is 281 g/mol. The quantitative estimate of drug-likeness (QED) is 0.907. The van der Waals surface area contributed by atoms with Gasteiger partial charge in [-0.15, -0.1) is 0 Å². The molecular weight excluding hydrogens is 262 g/mol. The summed E-state index contributed by atoms with van der Waals surface area (Å²) in [5.41, 5.74) is 1.98. The van der Waals surface area contributed by atoms with Crippen molar-refractivity contribution in [3.63, 3.8) is 0 Å². The maximum Gasteiger partial charge on any atom is 0.163 e. The minimum atomic E-state index is 0.584. The van der Waals surface area contributed by atoms with Gasteiger partial charge in [-0.2, -0.15) is 0 Å². The minimum absolute atomic E-state index is 0.584. The predicted molar refractivity (Wildman–Crippen MR) is 82.1 cm³/mol. The summed E-state index contributed by atoms with van der Waals surface area (Å²) in [5, 5.41) is 3.49. The van der Waals surface area contributed by atoms with E-state index >= 15 is 0 Å². The first-order chi connectivity index (χ1) is 10.3. The van der Waals surface area contributed by atoms with Crippen molar-refractivity contribution >= 4 is 5.82 Å². The van der Waals surface area contributed by atoms with Gasteiger partial charge >= 0.3 is 0 Å². The third-order valence-corrected chi connectivity index (χ3v) is 4.50. The van der Waals surface area contributed by atoms with Crippen LogP contribution in [0.3, 0.4) is 0 Å². The molecule has 2 fully saturated rings. The summed E-state index contributed by atoms with van der Waals surface area (Å²) in [4.78, 5) is 16.0. The molecule has 5 heteroatoms. The average Bonchev–Trinajstić information content (AvgIpc) is 3.10. The Balaban J connectivity index is 1.71. The molecule has 2 saturated heterocycles. The summed E-state index contributed by atoms with van der Waals surface area (Å²) < 4.78 is 0. The molecule has 0 spiro atoms. The minimum Gasteiger partial charge on any atom is -0.352 e. The zero-order valence-corrected chi connectivity index (χ0v) is 12.2. The van der Waals surface area contributed by atoms with Crippen LogP contribution in [0.1, 0.15) is 12.1 Å². The summed E-state index contributed by atoms with van der Waals surface area (Å²) in [5.74, 6) is 2.59. The van der Waals surface area contributed by atoms with E-state index in [4.69, 9.17) is 4.98 Å². The SMILES string of the molecule is Cc1cc(N2CC[C@H]3CNC[C@H]32)nc(-c2cccnc2)n1. The third-order valence-electron chi connectivity index (χ3n) is 4.50. The molecule has 0 aliphatic carbocycles. The molecule has 5 nitrogen and oxygen atoms in total. The number of hydrogen-bond donors (Lipinski definition) is 1. The molecule has 21 heavy (non-hydrogen) atoms. The van der Waals surface area contributed by atoms with Gasteiger partial charge in [0.15, 0.2) is 5.82 Å². The number of rotatable bonds is 2. The predicted octanol–water partition coefficient (Wildman–Crippen LogP) is 1.65. The molecule has 2 atom stereocenters. The fourth-order valence-corrected chi connectivity index (χ4v) is 3.46. The lowest BCUT2D eigenvalue weighted by Gasteiger charge is -2.25. The van der Waals surface area contributed by atoms with Crippen LogP contribution in [-0.2, 0) is 0 Å². The first kappa shape index (κ1) is 12.7. The number of nitrogens with one attached hydrogen (secondary N) is 1. The maximum absolute atomic E-state index is 4.79. The summed E-state index contributed by atoms with van der Waals surface area (Å²) in [6.07, 6.45) is 4.85. The molecule has 2 aliphatic rings. The van der Waals surface area contributed by atoms with E-state index < -0.39 is 0 Å². The molecular formula is C16H19N5. The standard InChI is InChI=1S/C16H19N5/c1-11-7-15(21-6-4-12-8-18-10-14(12)21)20-16(19-11)13-3-2-5-17-9-13/h2-3,5,7,9,12,14,18H,4,6,8,10H2,1H3/t12-,14+/m0/s1. The smallest absolute Gasteiger partial charge is 0.163 e. The van der Waals surface area contributed by atoms with Crippen LogP contribution in [0.2, 0.25) is 0 Å². The average molecular weight is 281 g/mol. The van der Waals surface area contributed by atoms with Gasteiger partial charge in [0, 0.05) is 55.4 Å². The van der Waals surface area contributed by atoms with Crippen LogP contribution in [-0.4, -0.2) is 40.6 Å². The third kappa shape index (κ3) is 2.27. The van der Waals surface area contributed by atoms with Crippen molar-refractivity contribution in [3.8, 4) is 11.4 Å². The summed E-state index contributed by atoms with van der Waals surface area (Å²) in [6, 6.07) is 6.62. The van der Waals surface area contributed by atoms with Crippen LogP contribution in [0.5, 0.6) is 0 Å². The van der Waals surface area contributed by atoms with E-state index in [1.807, 2.05) is 25.3 Å². The maximum atomic E-state index is 4.79. The van der Waals surface area contributed by atoms with Crippen molar-refractivity contribution in [1.82, 2.24) is 20.3 Å². The Morgan fingerprint density at radius 2 is 2.24 bits per heavy atom. The zero-order valence-electron chi connectivity index (χ0n) is 12.2. The molecule has 0 unspecified atom stereocenters. The van der Waals surface area contributed by atoms with Gasteiger partial charge in [0.1, 0.15) is 5.82 Å². The highest BCUT2D eigenvalue weighted by Gasteiger charge is 2.38. The van der Waals surface area contributed by atoms with Gasteiger partial charge in [0.25, 0.3) is 0 Å². The van der Waals surface area contributed by atoms with Gasteiger partial charge in [0.05, 0.1) is 0 Å². The number of hydrogen-bond acceptors (Lipinski definition) is 5. The fraction of sp³-hybridized carbons (Fsp3) is 0.438. The van der Waals surface area contributed by atoms with Crippen molar-refractivity contribution in [2.24, 2.45) is 5.92 Å². The Kier molecular flexibility index (Phi) is 3.07. The Bertz CT molecular complexity index is 642. The molecule has 2 aromatic rings. The van der Waals surface area contributed by atoms with E-state index in [9.17, 15) is 0 Å². The van der Waals surface area contributed by atoms with Crippen LogP contribution in [0.25, 0.3) is 11.4 Å². The fourth-order valence-electron chi connectivity index (χ4n) is 3.46. The first-order valence-electron chi connectivity index (χ1n) is 7.55. The van der Waals surface area contributed by atoms with E-state index in [2.05, 4.69) is 26.3 Å². The molecule has 4 rings (SSSR count). The molecule has 0 radical (unpaired) electrons. The van der Waals surface area contributed by atoms with Crippen molar-refractivity contribution < 1.29 is 0 Å². The van der Waals surface area contributed by atoms with E-state index in [0.717, 1.165) is 48.5 Å². The molecule has 0 aromatic carbocycles. The number of pyridine rings is 1. The summed E-state index contributed by atoms with van der Waals surface area (Å²) in [7, 11) is 0. The molecule has 2 aliphatic heterocycles. The number of fused-ring (bicyclic) bond motifs is 1. The Hall–Kier alpha value is -2.01. The van der Waals surface area contributed by atoms with Crippen molar-refractivity contribution in [2.45, 2.75) is 19.4 Å². The molecule has 0 bridgehead atoms. The summed E-state index contributed by atoms with van der Waals surface area (Å²) in [6.45, 7) is 5.34. The highest BCUT2D eigenvalue weighted by molar-refractivity contribution is 5.57. The van der Waals surface area contributed by atoms with E-state index in [1.54, 1.807) is 6.20 Å². The van der Waals surface area contributed by atoms with Crippen molar-refractivity contribution in [3.05, 3.63) is 36.3 Å². The van der Waals surface area contributed by atoms with Crippen LogP contribution in [0, 0.1) is 12.8 Å². The number of nitrogens with zero attached hydrogens (tertiary/aromatic N) is 4. The number of aryl methyl sites for hydroxylation is 1. The topological polar surface area (TPSA) is 53.9 Å². The lowest BCUT2D eigenvalue weighted by atomic mass is 10.1. The van der Waals surface area contributed by atoms with E-state index in [1.165, 1.54) is 6.42 Å². The van der Waals surface area contributed by atoms with Crippen LogP contribution < -0.4 is 10.2 Å². The highest BCUT2D eigenvalue weighted by Crippen LogP contribution is 2.31. The van der Waals surface area contributed by atoms with E-state index in [-0.39, 0.29) is 0 Å². The van der Waals surface area contributed by atoms with Crippen molar-refractivity contribution in [1.29, 1.82) is 0 Å². The van der Waals surface area contributed by atoms with Gasteiger partial charge in [-0.05, 0) is 31.4 Å². The van der Waals surface area contributed by atoms with Crippen molar-refractivity contribution in [2.75, 3.05) is 24.5 Å². The first-order valence-corrected chi connectivity index (χ1v) is 7.55. The van der Waals surface area contributed by atoms with E-state index in [0.29, 0.717) is 6.04 Å². The highest BCUT2D eigenvalue weighted by atomic mass is 15.3. The zero-order chi connectivity index (χ0) is 14.2. The molecule has 0 amide bonds. The molecule has 2 aromatic heterocycles. The largest absolute Gasteiger partial charge is 0.352 e. The number of anilines is 1. The molecule has 4 heterocycles. The number of aromatic nitrogens is 3. The Labute approximate surface area is 124 Å². The second-order valence-corrected chi connectivity index (χ2v) is 5.90. The van der Waals surface area contributed by atoms with Gasteiger partial charge in [-0.1, -0.05) is 0 Å². The molecule has 0 saturated carbocycles. The van der Waals surface area contributed by atoms with Crippen LogP contribution >= 0.6 is 0 Å². The normalized spacial score (nSPS) is 24.3. The lowest BCUT2D eigenvalue weighted by molar-refractivity contribution is 0.577. The second-order valence-electron chi connectivity index (χ2n) is 5.90. The Morgan fingerprint density at radius 1 is 1.29 bits per heavy atom. The second kappa shape index (κ2) is 5.07. The Morgan fingerprint density at radius 3 is 3.10 bits per heavy atom. The van der Waals surface area contributed by atoms with Crippen LogP contribution in [0.15, 0.2) is 30.6 Å². The molecule has 1 N–H and O–H groups in total. The van der Waals surface area contributed by atoms with Gasteiger partial charge in [-0.25, -0.2) is 9.97 Å². The summed E-state index contributed by atoms with van der Waals surface area (Å²) >= 11 is 0. The van der Waals surface area contributed by atoms with Gasteiger partial charge < -0.3 is 10.2 Å². The van der Waals surface area contributed by atoms with Gasteiger partial charge in [0.2, 0.25) is 0 Å². The van der Waals surface area contributed by atoms with Crippen LogP contribution in [0.4, 0.5) is 5.82 Å². The molecule has 108 valence electrons. The lowest BCUT2D eigenvalue weighted by Crippen LogP contribution is -2.34. The van der Waals surface area contributed by atoms with Gasteiger partial charge in [-0.3, -0.25) is 4.98 Å².